The molecule has 6 nitrogen and oxygen atoms in total. The molecule has 2 aromatic rings. The first kappa shape index (κ1) is 17.8. The van der Waals surface area contributed by atoms with E-state index in [0.29, 0.717) is 11.3 Å². The molecular formula is C17H20N2O4S2. The highest BCUT2D eigenvalue weighted by Gasteiger charge is 2.23. The van der Waals surface area contributed by atoms with Crippen LogP contribution in [0.2, 0.25) is 0 Å². The Balaban J connectivity index is 1.91. The Labute approximate surface area is 151 Å². The van der Waals surface area contributed by atoms with Gasteiger partial charge in [0.15, 0.2) is 0 Å². The first-order valence-electron chi connectivity index (χ1n) is 8.09. The van der Waals surface area contributed by atoms with Crippen molar-refractivity contribution in [3.63, 3.8) is 0 Å². The SMILES string of the molecule is Cc1cc(S(=O)(=O)Nc2ccccc2N2CCCCC2)sc1C(=O)O. The number of nitrogens with one attached hydrogen (secondary N) is 1. The van der Waals surface area contributed by atoms with Crippen molar-refractivity contribution in [2.75, 3.05) is 22.7 Å². The molecule has 3 rings (SSSR count). The number of nitrogens with zero attached hydrogens (tertiary/aromatic N) is 1. The van der Waals surface area contributed by atoms with Gasteiger partial charge in [-0.15, -0.1) is 11.3 Å². The Morgan fingerprint density at radius 3 is 2.52 bits per heavy atom. The molecule has 0 bridgehead atoms. The van der Waals surface area contributed by atoms with Gasteiger partial charge in [0.25, 0.3) is 10.0 Å². The Kier molecular flexibility index (Phi) is 5.01. The lowest BCUT2D eigenvalue weighted by molar-refractivity contribution is 0.0701. The van der Waals surface area contributed by atoms with Crippen molar-refractivity contribution in [2.24, 2.45) is 0 Å². The predicted octanol–water partition coefficient (Wildman–Crippen LogP) is 3.55. The molecule has 1 aliphatic heterocycles. The third-order valence-electron chi connectivity index (χ3n) is 4.20. The van der Waals surface area contributed by atoms with Crippen LogP contribution in [-0.4, -0.2) is 32.6 Å². The van der Waals surface area contributed by atoms with Gasteiger partial charge < -0.3 is 10.0 Å². The highest BCUT2D eigenvalue weighted by atomic mass is 32.2. The maximum absolute atomic E-state index is 12.7. The molecule has 0 unspecified atom stereocenters. The van der Waals surface area contributed by atoms with Gasteiger partial charge in [-0.05, 0) is 49.9 Å². The van der Waals surface area contributed by atoms with Crippen LogP contribution in [0.25, 0.3) is 0 Å². The predicted molar refractivity (Wildman–Crippen MR) is 99.3 cm³/mol. The second kappa shape index (κ2) is 7.05. The largest absolute Gasteiger partial charge is 0.477 e. The third-order valence-corrected chi connectivity index (χ3v) is 7.26. The highest BCUT2D eigenvalue weighted by Crippen LogP contribution is 2.32. The van der Waals surface area contributed by atoms with Crippen molar-refractivity contribution in [2.45, 2.75) is 30.4 Å². The Hall–Kier alpha value is -2.06. The first-order chi connectivity index (χ1) is 11.9. The molecule has 1 fully saturated rings. The number of carboxylic acids is 1. The summed E-state index contributed by atoms with van der Waals surface area (Å²) in [5.74, 6) is -1.11. The number of hydrogen-bond donors (Lipinski definition) is 2. The number of aryl methyl sites for hydroxylation is 1. The summed E-state index contributed by atoms with van der Waals surface area (Å²) < 4.78 is 28.1. The van der Waals surface area contributed by atoms with Crippen LogP contribution in [0.3, 0.4) is 0 Å². The van der Waals surface area contributed by atoms with E-state index in [2.05, 4.69) is 9.62 Å². The number of thiophene rings is 1. The molecule has 1 aromatic carbocycles. The molecule has 1 aromatic heterocycles. The molecule has 0 spiro atoms. The van der Waals surface area contributed by atoms with E-state index in [-0.39, 0.29) is 9.09 Å². The zero-order chi connectivity index (χ0) is 18.0. The van der Waals surface area contributed by atoms with Gasteiger partial charge in [-0.2, -0.15) is 0 Å². The molecule has 2 N–H and O–H groups in total. The fourth-order valence-electron chi connectivity index (χ4n) is 2.96. The van der Waals surface area contributed by atoms with Crippen molar-refractivity contribution in [3.05, 3.63) is 40.8 Å². The molecule has 0 amide bonds. The Morgan fingerprint density at radius 2 is 1.88 bits per heavy atom. The maximum Gasteiger partial charge on any atom is 0.346 e. The Morgan fingerprint density at radius 1 is 1.20 bits per heavy atom. The van der Waals surface area contributed by atoms with Gasteiger partial charge in [-0.25, -0.2) is 13.2 Å². The van der Waals surface area contributed by atoms with Crippen LogP contribution in [0.5, 0.6) is 0 Å². The standard InChI is InChI=1S/C17H20N2O4S2/c1-12-11-15(24-16(12)17(20)21)25(22,23)18-13-7-3-4-8-14(13)19-9-5-2-6-10-19/h3-4,7-8,11,18H,2,5-6,9-10H2,1H3,(H,20,21). The Bertz CT molecular complexity index is 884. The average molecular weight is 380 g/mol. The van der Waals surface area contributed by atoms with Gasteiger partial charge in [-0.1, -0.05) is 12.1 Å². The van der Waals surface area contributed by atoms with E-state index in [9.17, 15) is 13.2 Å². The van der Waals surface area contributed by atoms with Crippen LogP contribution in [-0.2, 0) is 10.0 Å². The van der Waals surface area contributed by atoms with Crippen LogP contribution in [0.4, 0.5) is 11.4 Å². The summed E-state index contributed by atoms with van der Waals surface area (Å²) in [5.41, 5.74) is 1.83. The van der Waals surface area contributed by atoms with Gasteiger partial charge in [0, 0.05) is 13.1 Å². The second-order valence-electron chi connectivity index (χ2n) is 6.05. The number of benzene rings is 1. The average Bonchev–Trinajstić information content (AvgIpc) is 2.99. The fraction of sp³-hybridized carbons (Fsp3) is 0.353. The zero-order valence-electron chi connectivity index (χ0n) is 13.9. The van der Waals surface area contributed by atoms with E-state index in [1.807, 2.05) is 12.1 Å². The van der Waals surface area contributed by atoms with Gasteiger partial charge >= 0.3 is 5.97 Å². The van der Waals surface area contributed by atoms with Gasteiger partial charge in [0.2, 0.25) is 0 Å². The van der Waals surface area contributed by atoms with E-state index in [0.717, 1.165) is 43.0 Å². The summed E-state index contributed by atoms with van der Waals surface area (Å²) in [6.45, 7) is 3.40. The molecule has 0 atom stereocenters. The van der Waals surface area contributed by atoms with Gasteiger partial charge in [0.05, 0.1) is 11.4 Å². The molecule has 2 heterocycles. The monoisotopic (exact) mass is 380 g/mol. The molecule has 1 saturated heterocycles. The summed E-state index contributed by atoms with van der Waals surface area (Å²) in [6, 6.07) is 8.72. The van der Waals surface area contributed by atoms with Crippen LogP contribution >= 0.6 is 11.3 Å². The topological polar surface area (TPSA) is 86.7 Å². The van der Waals surface area contributed by atoms with Crippen molar-refractivity contribution in [1.82, 2.24) is 0 Å². The first-order valence-corrected chi connectivity index (χ1v) is 10.4. The smallest absolute Gasteiger partial charge is 0.346 e. The van der Waals surface area contributed by atoms with Crippen molar-refractivity contribution in [3.8, 4) is 0 Å². The quantitative estimate of drug-likeness (QED) is 0.828. The number of aromatic carboxylic acids is 1. The number of piperidine rings is 1. The van der Waals surface area contributed by atoms with E-state index in [1.54, 1.807) is 19.1 Å². The lowest BCUT2D eigenvalue weighted by atomic mass is 10.1. The number of carbonyl (C=O) groups is 1. The maximum atomic E-state index is 12.7. The molecule has 0 saturated carbocycles. The van der Waals surface area contributed by atoms with Crippen LogP contribution in [0.1, 0.15) is 34.5 Å². The number of anilines is 2. The summed E-state index contributed by atoms with van der Waals surface area (Å²) in [5, 5.41) is 9.14. The van der Waals surface area contributed by atoms with E-state index in [4.69, 9.17) is 5.11 Å². The number of rotatable bonds is 5. The van der Waals surface area contributed by atoms with Crippen LogP contribution in [0.15, 0.2) is 34.5 Å². The number of para-hydroxylation sites is 2. The third kappa shape index (κ3) is 3.80. The van der Waals surface area contributed by atoms with Gasteiger partial charge in [-0.3, -0.25) is 4.72 Å². The summed E-state index contributed by atoms with van der Waals surface area (Å²) in [7, 11) is -3.83. The van der Waals surface area contributed by atoms with E-state index >= 15 is 0 Å². The highest BCUT2D eigenvalue weighted by molar-refractivity contribution is 7.94. The van der Waals surface area contributed by atoms with E-state index in [1.165, 1.54) is 12.5 Å². The van der Waals surface area contributed by atoms with Crippen LogP contribution in [0, 0.1) is 6.92 Å². The van der Waals surface area contributed by atoms with Crippen molar-refractivity contribution in [1.29, 1.82) is 0 Å². The summed E-state index contributed by atoms with van der Waals surface area (Å²) >= 11 is 0.772. The lowest BCUT2D eigenvalue weighted by Crippen LogP contribution is -2.30. The molecule has 0 radical (unpaired) electrons. The molecule has 25 heavy (non-hydrogen) atoms. The fourth-order valence-corrected chi connectivity index (χ4v) is 5.42. The number of sulfonamides is 1. The molecule has 1 aliphatic rings. The molecule has 134 valence electrons. The zero-order valence-corrected chi connectivity index (χ0v) is 15.5. The lowest BCUT2D eigenvalue weighted by Gasteiger charge is -2.30. The number of hydrogen-bond acceptors (Lipinski definition) is 5. The normalized spacial score (nSPS) is 15.2. The summed E-state index contributed by atoms with van der Waals surface area (Å²) in [4.78, 5) is 13.4. The minimum atomic E-state index is -3.83. The molecule has 8 heteroatoms. The van der Waals surface area contributed by atoms with Crippen molar-refractivity contribution < 1.29 is 18.3 Å². The van der Waals surface area contributed by atoms with Crippen molar-refractivity contribution >= 4 is 38.7 Å². The second-order valence-corrected chi connectivity index (χ2v) is 9.01. The van der Waals surface area contributed by atoms with Crippen LogP contribution < -0.4 is 9.62 Å². The summed E-state index contributed by atoms with van der Waals surface area (Å²) in [6.07, 6.45) is 3.37. The minimum absolute atomic E-state index is 0.0100. The molecular weight excluding hydrogens is 360 g/mol. The number of carboxylic acid groups (broad SMARTS) is 1. The van der Waals surface area contributed by atoms with E-state index < -0.39 is 16.0 Å². The molecule has 0 aliphatic carbocycles. The minimum Gasteiger partial charge on any atom is -0.477 e. The van der Waals surface area contributed by atoms with Gasteiger partial charge in [0.1, 0.15) is 9.09 Å².